The van der Waals surface area contributed by atoms with Crippen LogP contribution >= 0.6 is 0 Å². The van der Waals surface area contributed by atoms with Crippen LogP contribution in [-0.4, -0.2) is 215 Å². The fourth-order valence-corrected chi connectivity index (χ4v) is 10.7. The summed E-state index contributed by atoms with van der Waals surface area (Å²) in [4.78, 5) is 38.3. The van der Waals surface area contributed by atoms with Gasteiger partial charge < -0.3 is 100 Å². The van der Waals surface area contributed by atoms with Gasteiger partial charge in [-0.05, 0) is 12.8 Å². The zero-order valence-corrected chi connectivity index (χ0v) is 47.5. The molecule has 0 aromatic heterocycles. The molecule has 14 N–H and O–H groups in total. The molecule has 23 heteroatoms. The second-order valence-corrected chi connectivity index (χ2v) is 22.2. The molecule has 3 aliphatic heterocycles. The molecule has 18 unspecified atom stereocenters. The fourth-order valence-electron chi connectivity index (χ4n) is 10.7. The number of aliphatic hydroxyl groups excluding tert-OH is 11. The average Bonchev–Trinajstić information content (AvgIpc) is 3.51. The molecular formula is C56H104N2O21. The number of aliphatic carboxylic acids is 1. The van der Waals surface area contributed by atoms with Crippen LogP contribution in [0.2, 0.25) is 0 Å². The summed E-state index contributed by atoms with van der Waals surface area (Å²) < 4.78 is 34.7. The van der Waals surface area contributed by atoms with Gasteiger partial charge in [-0.1, -0.05) is 168 Å². The van der Waals surface area contributed by atoms with E-state index < -0.39 is 148 Å². The number of nitrogens with one attached hydrogen (secondary N) is 2. The minimum Gasteiger partial charge on any atom is -0.477 e. The lowest BCUT2D eigenvalue weighted by atomic mass is 9.88. The third kappa shape index (κ3) is 24.1. The van der Waals surface area contributed by atoms with Gasteiger partial charge in [0.05, 0.1) is 50.7 Å². The van der Waals surface area contributed by atoms with Gasteiger partial charge in [0.1, 0.15) is 67.1 Å². The molecule has 0 aliphatic carbocycles. The first-order valence-corrected chi connectivity index (χ1v) is 29.9. The summed E-state index contributed by atoms with van der Waals surface area (Å²) in [6, 6.07) is -2.52. The van der Waals surface area contributed by atoms with Crippen molar-refractivity contribution in [3.63, 3.8) is 0 Å². The molecule has 3 aliphatic rings. The zero-order chi connectivity index (χ0) is 58.3. The van der Waals surface area contributed by atoms with Crippen LogP contribution in [0.3, 0.4) is 0 Å². The highest BCUT2D eigenvalue weighted by atomic mass is 16.8. The average molecular weight is 1140 g/mol. The molecule has 0 spiro atoms. The van der Waals surface area contributed by atoms with Crippen molar-refractivity contribution in [2.75, 3.05) is 26.4 Å². The van der Waals surface area contributed by atoms with Crippen molar-refractivity contribution in [1.29, 1.82) is 0 Å². The number of amides is 2. The first kappa shape index (κ1) is 71.0. The summed E-state index contributed by atoms with van der Waals surface area (Å²) in [5, 5.41) is 135. The van der Waals surface area contributed by atoms with Gasteiger partial charge in [0.2, 0.25) is 11.8 Å². The van der Waals surface area contributed by atoms with E-state index in [4.69, 9.17) is 28.4 Å². The number of ether oxygens (including phenoxy) is 6. The van der Waals surface area contributed by atoms with Gasteiger partial charge in [0.25, 0.3) is 5.79 Å². The lowest BCUT2D eigenvalue weighted by Crippen LogP contribution is -2.70. The number of carbonyl (C=O) groups excluding carboxylic acids is 2. The molecule has 0 aromatic carbocycles. The smallest absolute Gasteiger partial charge is 0.364 e. The molecule has 0 bridgehead atoms. The quantitative estimate of drug-likeness (QED) is 0.0389. The minimum atomic E-state index is -3.07. The van der Waals surface area contributed by atoms with Gasteiger partial charge in [-0.3, -0.25) is 9.59 Å². The van der Waals surface area contributed by atoms with Crippen molar-refractivity contribution in [3.8, 4) is 0 Å². The van der Waals surface area contributed by atoms with Gasteiger partial charge in [0, 0.05) is 19.8 Å². The second-order valence-electron chi connectivity index (χ2n) is 22.2. The van der Waals surface area contributed by atoms with Gasteiger partial charge >= 0.3 is 5.97 Å². The second kappa shape index (κ2) is 39.3. The molecule has 23 nitrogen and oxygen atoms in total. The molecule has 0 aromatic rings. The Hall–Kier alpha value is -2.27. The van der Waals surface area contributed by atoms with Gasteiger partial charge in [-0.15, -0.1) is 0 Å². The lowest BCUT2D eigenvalue weighted by Gasteiger charge is -2.50. The standard InChI is InChI=1S/C56H104N2O21/c1-4-6-8-10-12-14-16-18-19-21-23-25-27-29-38(63)37(58-43(66)30-28-26-24-22-20-17-15-13-11-9-7-5-2)35-74-53-48(70)47(69)50(42(34-61)76-53)77-54-49(71)52(46(68)41(33-60)75-54)79-56(55(72)73)31-39(64)44(57-36(3)62)51(78-56)45(67)40(65)32-59/h37-42,44-54,59-61,63-65,67-71H,4-35H2,1-3H3,(H,57,62)(H,58,66)(H,72,73). The maximum atomic E-state index is 13.3. The van der Waals surface area contributed by atoms with E-state index in [0.717, 1.165) is 58.3 Å². The zero-order valence-electron chi connectivity index (χ0n) is 47.5. The normalized spacial score (nSPS) is 30.8. The van der Waals surface area contributed by atoms with E-state index in [2.05, 4.69) is 24.5 Å². The first-order valence-electron chi connectivity index (χ1n) is 29.9. The number of carbonyl (C=O) groups is 3. The van der Waals surface area contributed by atoms with Crippen LogP contribution in [0, 0.1) is 0 Å². The third-order valence-electron chi connectivity index (χ3n) is 15.6. The van der Waals surface area contributed by atoms with Crippen LogP contribution in [0.15, 0.2) is 0 Å². The highest BCUT2D eigenvalue weighted by Crippen LogP contribution is 2.38. The van der Waals surface area contributed by atoms with Gasteiger partial charge in [0.15, 0.2) is 12.6 Å². The van der Waals surface area contributed by atoms with E-state index in [1.807, 2.05) is 0 Å². The molecule has 0 saturated carbocycles. The summed E-state index contributed by atoms with van der Waals surface area (Å²) in [6.45, 7) is 2.15. The fraction of sp³-hybridized carbons (Fsp3) is 0.946. The molecule has 464 valence electrons. The predicted molar refractivity (Wildman–Crippen MR) is 288 cm³/mol. The molecule has 3 heterocycles. The highest BCUT2D eigenvalue weighted by Gasteiger charge is 2.60. The van der Waals surface area contributed by atoms with Crippen LogP contribution < -0.4 is 10.6 Å². The van der Waals surface area contributed by atoms with E-state index in [-0.39, 0.29) is 18.9 Å². The Balaban J connectivity index is 1.68. The molecule has 3 saturated heterocycles. The number of hydrogen-bond donors (Lipinski definition) is 14. The molecule has 3 rings (SSSR count). The van der Waals surface area contributed by atoms with Crippen molar-refractivity contribution >= 4 is 17.8 Å². The minimum absolute atomic E-state index is 0.227. The molecule has 0 radical (unpaired) electrons. The van der Waals surface area contributed by atoms with E-state index in [9.17, 15) is 75.7 Å². The van der Waals surface area contributed by atoms with Gasteiger partial charge in [-0.25, -0.2) is 4.79 Å². The van der Waals surface area contributed by atoms with Crippen molar-refractivity contribution in [2.45, 2.75) is 310 Å². The van der Waals surface area contributed by atoms with Crippen molar-refractivity contribution in [2.24, 2.45) is 0 Å². The number of hydrogen-bond acceptors (Lipinski definition) is 20. The van der Waals surface area contributed by atoms with Crippen LogP contribution in [-0.2, 0) is 42.8 Å². The van der Waals surface area contributed by atoms with E-state index in [0.29, 0.717) is 19.3 Å². The Kier molecular flexibility index (Phi) is 35.3. The Morgan fingerprint density at radius 2 is 1.10 bits per heavy atom. The third-order valence-corrected chi connectivity index (χ3v) is 15.6. The number of rotatable bonds is 43. The van der Waals surface area contributed by atoms with E-state index >= 15 is 0 Å². The monoisotopic (exact) mass is 1140 g/mol. The van der Waals surface area contributed by atoms with Crippen molar-refractivity contribution < 1.29 is 104 Å². The van der Waals surface area contributed by atoms with E-state index in [1.165, 1.54) is 96.3 Å². The lowest BCUT2D eigenvalue weighted by molar-refractivity contribution is -0.386. The molecule has 79 heavy (non-hydrogen) atoms. The molecular weight excluding hydrogens is 1040 g/mol. The largest absolute Gasteiger partial charge is 0.477 e. The van der Waals surface area contributed by atoms with Gasteiger partial charge in [-0.2, -0.15) is 0 Å². The van der Waals surface area contributed by atoms with Crippen molar-refractivity contribution in [3.05, 3.63) is 0 Å². The Morgan fingerprint density at radius 1 is 0.608 bits per heavy atom. The summed E-state index contributed by atoms with van der Waals surface area (Å²) in [5.74, 6) is -6.10. The number of carboxylic acids is 1. The molecule has 18 atom stereocenters. The summed E-state index contributed by atoms with van der Waals surface area (Å²) >= 11 is 0. The topological polar surface area (TPSA) is 373 Å². The summed E-state index contributed by atoms with van der Waals surface area (Å²) in [6.07, 6.45) is -0.0414. The van der Waals surface area contributed by atoms with Crippen LogP contribution in [0.5, 0.6) is 0 Å². The Bertz CT molecular complexity index is 1640. The first-order chi connectivity index (χ1) is 37.9. The maximum absolute atomic E-state index is 13.3. The highest BCUT2D eigenvalue weighted by molar-refractivity contribution is 5.77. The number of aliphatic hydroxyl groups is 11. The number of unbranched alkanes of at least 4 members (excludes halogenated alkanes) is 23. The SMILES string of the molecule is CCCCCCCCCCCCCCCC(O)C(COC1OC(CO)C(OC2OC(CO)C(O)C(OC3(C(=O)O)CC(O)C(NC(C)=O)C(C(O)C(O)CO)O3)C2O)C(O)C1O)NC(=O)CCCCCCCCCCCCCC. The van der Waals surface area contributed by atoms with Crippen molar-refractivity contribution in [1.82, 2.24) is 10.6 Å². The maximum Gasteiger partial charge on any atom is 0.364 e. The Labute approximate surface area is 468 Å². The van der Waals surface area contributed by atoms with E-state index in [1.54, 1.807) is 0 Å². The number of carboxylic acid groups (broad SMARTS) is 1. The van der Waals surface area contributed by atoms with Crippen LogP contribution in [0.4, 0.5) is 0 Å². The molecule has 2 amide bonds. The predicted octanol–water partition coefficient (Wildman–Crippen LogP) is 2.22. The van der Waals surface area contributed by atoms with Crippen LogP contribution in [0.25, 0.3) is 0 Å². The Morgan fingerprint density at radius 3 is 1.58 bits per heavy atom. The van der Waals surface area contributed by atoms with Crippen LogP contribution in [0.1, 0.15) is 201 Å². The summed E-state index contributed by atoms with van der Waals surface area (Å²) in [5.41, 5.74) is 0. The summed E-state index contributed by atoms with van der Waals surface area (Å²) in [7, 11) is 0. The molecule has 3 fully saturated rings.